The van der Waals surface area contributed by atoms with Crippen LogP contribution in [0, 0.1) is 11.6 Å². The van der Waals surface area contributed by atoms with Crippen LogP contribution in [-0.4, -0.2) is 9.97 Å². The maximum Gasteiger partial charge on any atom is 0.451 e. The molecule has 0 bridgehead atoms. The first-order chi connectivity index (χ1) is 9.27. The van der Waals surface area contributed by atoms with Gasteiger partial charge in [-0.2, -0.15) is 13.2 Å². The summed E-state index contributed by atoms with van der Waals surface area (Å²) in [6, 6.07) is 4.16. The van der Waals surface area contributed by atoms with Gasteiger partial charge in [-0.3, -0.25) is 0 Å². The Bertz CT molecular complexity index is 644. The highest BCUT2D eigenvalue weighted by atomic mass is 35.5. The van der Waals surface area contributed by atoms with Gasteiger partial charge in [0.2, 0.25) is 5.82 Å². The van der Waals surface area contributed by atoms with E-state index in [9.17, 15) is 22.0 Å². The van der Waals surface area contributed by atoms with Gasteiger partial charge in [0.1, 0.15) is 11.0 Å². The van der Waals surface area contributed by atoms with Crippen LogP contribution in [0.3, 0.4) is 0 Å². The largest absolute Gasteiger partial charge is 0.451 e. The average Bonchev–Trinajstić information content (AvgIpc) is 2.33. The highest BCUT2D eigenvalue weighted by molar-refractivity contribution is 6.29. The Morgan fingerprint density at radius 2 is 1.80 bits per heavy atom. The SMILES string of the molecule is Fc1cccc(Nc2cc(Cl)nc(C(F)(F)F)n2)c1F. The van der Waals surface area contributed by atoms with E-state index in [2.05, 4.69) is 15.3 Å². The Balaban J connectivity index is 2.39. The number of rotatable bonds is 2. The first-order valence-corrected chi connectivity index (χ1v) is 5.48. The third-order valence-corrected chi connectivity index (χ3v) is 2.36. The molecule has 0 saturated heterocycles. The van der Waals surface area contributed by atoms with Crippen LogP contribution in [0.2, 0.25) is 5.15 Å². The Kier molecular flexibility index (Phi) is 3.76. The van der Waals surface area contributed by atoms with Gasteiger partial charge in [0.15, 0.2) is 11.6 Å². The fraction of sp³-hybridized carbons (Fsp3) is 0.0909. The summed E-state index contributed by atoms with van der Waals surface area (Å²) in [6.45, 7) is 0. The first-order valence-electron chi connectivity index (χ1n) is 5.10. The highest BCUT2D eigenvalue weighted by Crippen LogP contribution is 2.29. The van der Waals surface area contributed by atoms with Crippen molar-refractivity contribution in [3.05, 3.63) is 46.9 Å². The van der Waals surface area contributed by atoms with E-state index in [4.69, 9.17) is 11.6 Å². The number of nitrogens with zero attached hydrogens (tertiary/aromatic N) is 2. The lowest BCUT2D eigenvalue weighted by molar-refractivity contribution is -0.144. The quantitative estimate of drug-likeness (QED) is 0.668. The number of anilines is 2. The number of nitrogens with one attached hydrogen (secondary N) is 1. The van der Waals surface area contributed by atoms with Crippen molar-refractivity contribution < 1.29 is 22.0 Å². The normalized spacial score (nSPS) is 11.5. The van der Waals surface area contributed by atoms with Crippen molar-refractivity contribution in [1.29, 1.82) is 0 Å². The Hall–Kier alpha value is -1.96. The van der Waals surface area contributed by atoms with E-state index in [0.29, 0.717) is 0 Å². The van der Waals surface area contributed by atoms with Crippen LogP contribution in [0.1, 0.15) is 5.82 Å². The first kappa shape index (κ1) is 14.4. The van der Waals surface area contributed by atoms with Crippen molar-refractivity contribution in [2.75, 3.05) is 5.32 Å². The number of alkyl halides is 3. The van der Waals surface area contributed by atoms with Gasteiger partial charge < -0.3 is 5.32 Å². The van der Waals surface area contributed by atoms with Gasteiger partial charge in [-0.1, -0.05) is 17.7 Å². The number of hydrogen-bond donors (Lipinski definition) is 1. The minimum atomic E-state index is -4.80. The molecule has 1 heterocycles. The molecule has 0 radical (unpaired) electrons. The third-order valence-electron chi connectivity index (χ3n) is 2.16. The smallest absolute Gasteiger partial charge is 0.338 e. The standard InChI is InChI=1S/C11H5ClF5N3/c12-7-4-8(20-10(19-7)11(15,16)17)18-6-3-1-2-5(13)9(6)14/h1-4H,(H,18,19,20). The third kappa shape index (κ3) is 3.13. The minimum absolute atomic E-state index is 0.368. The van der Waals surface area contributed by atoms with Crippen molar-refractivity contribution in [2.45, 2.75) is 6.18 Å². The summed E-state index contributed by atoms with van der Waals surface area (Å²) in [5, 5.41) is 1.74. The molecule has 0 saturated carbocycles. The fourth-order valence-corrected chi connectivity index (χ4v) is 1.53. The van der Waals surface area contributed by atoms with Crippen molar-refractivity contribution in [2.24, 2.45) is 0 Å². The average molecular weight is 310 g/mol. The van der Waals surface area contributed by atoms with E-state index < -0.39 is 34.6 Å². The molecule has 0 spiro atoms. The zero-order valence-electron chi connectivity index (χ0n) is 9.47. The molecule has 3 nitrogen and oxygen atoms in total. The summed E-state index contributed by atoms with van der Waals surface area (Å²) >= 11 is 5.43. The van der Waals surface area contributed by atoms with E-state index in [-0.39, 0.29) is 5.69 Å². The van der Waals surface area contributed by atoms with Gasteiger partial charge in [0.05, 0.1) is 5.69 Å². The molecular weight excluding hydrogens is 305 g/mol. The fourth-order valence-electron chi connectivity index (χ4n) is 1.35. The Labute approximate surface area is 114 Å². The van der Waals surface area contributed by atoms with E-state index in [0.717, 1.165) is 18.2 Å². The lowest BCUT2D eigenvalue weighted by Gasteiger charge is -2.10. The predicted molar refractivity (Wildman–Crippen MR) is 61.7 cm³/mol. The summed E-state index contributed by atoms with van der Waals surface area (Å²) in [5.74, 6) is -4.27. The van der Waals surface area contributed by atoms with E-state index in [1.54, 1.807) is 0 Å². The molecule has 20 heavy (non-hydrogen) atoms. The van der Waals surface area contributed by atoms with Crippen molar-refractivity contribution in [3.63, 3.8) is 0 Å². The summed E-state index contributed by atoms with van der Waals surface area (Å²) in [5.41, 5.74) is -0.368. The number of aromatic nitrogens is 2. The molecule has 2 aromatic rings. The molecular formula is C11H5ClF5N3. The number of hydrogen-bond acceptors (Lipinski definition) is 3. The van der Waals surface area contributed by atoms with Crippen LogP contribution in [-0.2, 0) is 6.18 Å². The molecule has 1 N–H and O–H groups in total. The maximum atomic E-state index is 13.4. The molecule has 9 heteroatoms. The second-order valence-corrected chi connectivity index (χ2v) is 4.01. The second kappa shape index (κ2) is 5.20. The summed E-state index contributed by atoms with van der Waals surface area (Å²) in [4.78, 5) is 6.16. The monoisotopic (exact) mass is 309 g/mol. The topological polar surface area (TPSA) is 37.8 Å². The molecule has 0 aliphatic rings. The van der Waals surface area contributed by atoms with Crippen LogP contribution in [0.25, 0.3) is 0 Å². The van der Waals surface area contributed by atoms with Gasteiger partial charge in [0.25, 0.3) is 0 Å². The van der Waals surface area contributed by atoms with Crippen LogP contribution in [0.5, 0.6) is 0 Å². The second-order valence-electron chi connectivity index (χ2n) is 3.62. The summed E-state index contributed by atoms with van der Waals surface area (Å²) in [6.07, 6.45) is -4.80. The summed E-state index contributed by atoms with van der Waals surface area (Å²) < 4.78 is 63.8. The van der Waals surface area contributed by atoms with E-state index in [1.807, 2.05) is 0 Å². The highest BCUT2D eigenvalue weighted by Gasteiger charge is 2.35. The zero-order valence-corrected chi connectivity index (χ0v) is 10.2. The van der Waals surface area contributed by atoms with Gasteiger partial charge in [-0.25, -0.2) is 18.7 Å². The zero-order chi connectivity index (χ0) is 14.9. The van der Waals surface area contributed by atoms with Crippen LogP contribution < -0.4 is 5.32 Å². The van der Waals surface area contributed by atoms with Crippen LogP contribution >= 0.6 is 11.6 Å². The molecule has 0 unspecified atom stereocenters. The molecule has 1 aromatic carbocycles. The molecule has 0 aliphatic heterocycles. The Morgan fingerprint density at radius 1 is 1.10 bits per heavy atom. The van der Waals surface area contributed by atoms with Gasteiger partial charge >= 0.3 is 6.18 Å². The lowest BCUT2D eigenvalue weighted by atomic mass is 10.3. The molecule has 1 aromatic heterocycles. The van der Waals surface area contributed by atoms with Gasteiger partial charge in [-0.15, -0.1) is 0 Å². The number of halogens is 6. The van der Waals surface area contributed by atoms with Crippen molar-refractivity contribution in [3.8, 4) is 0 Å². The van der Waals surface area contributed by atoms with Crippen LogP contribution in [0.4, 0.5) is 33.5 Å². The lowest BCUT2D eigenvalue weighted by Crippen LogP contribution is -2.12. The summed E-state index contributed by atoms with van der Waals surface area (Å²) in [7, 11) is 0. The van der Waals surface area contributed by atoms with Gasteiger partial charge in [0, 0.05) is 6.07 Å². The van der Waals surface area contributed by atoms with Gasteiger partial charge in [-0.05, 0) is 12.1 Å². The Morgan fingerprint density at radius 3 is 2.45 bits per heavy atom. The van der Waals surface area contributed by atoms with Crippen LogP contribution in [0.15, 0.2) is 24.3 Å². The minimum Gasteiger partial charge on any atom is -0.338 e. The van der Waals surface area contributed by atoms with Crippen molar-refractivity contribution in [1.82, 2.24) is 9.97 Å². The molecule has 2 rings (SSSR count). The number of benzene rings is 1. The van der Waals surface area contributed by atoms with E-state index >= 15 is 0 Å². The van der Waals surface area contributed by atoms with Crippen molar-refractivity contribution >= 4 is 23.1 Å². The molecule has 0 atom stereocenters. The maximum absolute atomic E-state index is 13.4. The molecule has 0 fully saturated rings. The molecule has 0 amide bonds. The molecule has 0 aliphatic carbocycles. The molecule has 106 valence electrons. The predicted octanol–water partition coefficient (Wildman–Crippen LogP) is 4.17. The van der Waals surface area contributed by atoms with E-state index in [1.165, 1.54) is 6.07 Å².